The molecule has 0 saturated carbocycles. The van der Waals surface area contributed by atoms with E-state index in [2.05, 4.69) is 18.7 Å². The van der Waals surface area contributed by atoms with Gasteiger partial charge in [-0.1, -0.05) is 0 Å². The number of alkyl halides is 2. The Bertz CT molecular complexity index is 195. The third kappa shape index (κ3) is 3.11. The van der Waals surface area contributed by atoms with Gasteiger partial charge in [-0.05, 0) is 27.7 Å². The number of nitrogens with zero attached hydrogens (tertiary/aromatic N) is 2. The van der Waals surface area contributed by atoms with Gasteiger partial charge in [-0.15, -0.1) is 0 Å². The molecule has 0 amide bonds. The molecule has 2 nitrogen and oxygen atoms in total. The van der Waals surface area contributed by atoms with Crippen LogP contribution in [0.5, 0.6) is 0 Å². The molecule has 0 aromatic heterocycles. The topological polar surface area (TPSA) is 6.48 Å². The van der Waals surface area contributed by atoms with Crippen molar-refractivity contribution in [3.8, 4) is 0 Å². The van der Waals surface area contributed by atoms with Crippen LogP contribution in [0.2, 0.25) is 0 Å². The molecule has 0 N–H and O–H groups in total. The van der Waals surface area contributed by atoms with E-state index in [1.165, 1.54) is 0 Å². The fraction of sp³-hybridized carbons (Fsp3) is 1.00. The summed E-state index contributed by atoms with van der Waals surface area (Å²) in [7, 11) is 0. The van der Waals surface area contributed by atoms with Gasteiger partial charge in [0.25, 0.3) is 6.43 Å². The smallest absolute Gasteiger partial charge is 0.255 e. The number of hydrogen-bond donors (Lipinski definition) is 0. The second-order valence-electron chi connectivity index (χ2n) is 4.82. The van der Waals surface area contributed by atoms with E-state index in [1.54, 1.807) is 0 Å². The molecule has 0 unspecified atom stereocenters. The van der Waals surface area contributed by atoms with Crippen LogP contribution in [0.4, 0.5) is 8.78 Å². The molecule has 4 heteroatoms. The Balaban J connectivity index is 2.65. The standard InChI is InChI=1S/C11H22F2N2/c1-8(2)14-5-6-15(9(3)4)10(7-14)11(12)13/h8-11H,5-7H2,1-4H3/t10-/m1/s1. The van der Waals surface area contributed by atoms with E-state index in [9.17, 15) is 8.78 Å². The monoisotopic (exact) mass is 220 g/mol. The van der Waals surface area contributed by atoms with E-state index in [4.69, 9.17) is 0 Å². The molecule has 90 valence electrons. The summed E-state index contributed by atoms with van der Waals surface area (Å²) in [6.07, 6.45) is -2.24. The third-order valence-corrected chi connectivity index (χ3v) is 3.18. The van der Waals surface area contributed by atoms with Gasteiger partial charge >= 0.3 is 0 Å². The summed E-state index contributed by atoms with van der Waals surface area (Å²) in [5.74, 6) is 0. The summed E-state index contributed by atoms with van der Waals surface area (Å²) in [5.41, 5.74) is 0. The van der Waals surface area contributed by atoms with Crippen LogP contribution in [-0.4, -0.2) is 54.0 Å². The molecular formula is C11H22F2N2. The van der Waals surface area contributed by atoms with E-state index >= 15 is 0 Å². The lowest BCUT2D eigenvalue weighted by atomic mass is 10.1. The lowest BCUT2D eigenvalue weighted by Crippen LogP contribution is -2.59. The van der Waals surface area contributed by atoms with E-state index in [0.29, 0.717) is 12.6 Å². The van der Waals surface area contributed by atoms with Gasteiger partial charge in [0.1, 0.15) is 0 Å². The van der Waals surface area contributed by atoms with Crippen LogP contribution in [0, 0.1) is 0 Å². The fourth-order valence-electron chi connectivity index (χ4n) is 2.18. The average Bonchev–Trinajstić information content (AvgIpc) is 2.16. The minimum atomic E-state index is -2.24. The van der Waals surface area contributed by atoms with Gasteiger partial charge < -0.3 is 0 Å². The minimum Gasteiger partial charge on any atom is -0.298 e. The molecule has 1 fully saturated rings. The molecule has 0 spiro atoms. The van der Waals surface area contributed by atoms with Crippen LogP contribution in [-0.2, 0) is 0 Å². The molecule has 1 aliphatic rings. The number of hydrogen-bond acceptors (Lipinski definition) is 2. The molecule has 0 aromatic rings. The van der Waals surface area contributed by atoms with E-state index in [1.807, 2.05) is 18.7 Å². The maximum atomic E-state index is 12.9. The largest absolute Gasteiger partial charge is 0.298 e. The van der Waals surface area contributed by atoms with Crippen molar-refractivity contribution in [2.75, 3.05) is 19.6 Å². The van der Waals surface area contributed by atoms with Crippen LogP contribution >= 0.6 is 0 Å². The Labute approximate surface area is 91.2 Å². The van der Waals surface area contributed by atoms with Crippen molar-refractivity contribution in [1.29, 1.82) is 0 Å². The second-order valence-corrected chi connectivity index (χ2v) is 4.82. The number of rotatable bonds is 3. The SMILES string of the molecule is CC(C)N1CCN(C(C)C)[C@@H](C(F)F)C1. The maximum Gasteiger partial charge on any atom is 0.255 e. The zero-order valence-corrected chi connectivity index (χ0v) is 10.1. The first-order valence-corrected chi connectivity index (χ1v) is 5.71. The predicted molar refractivity (Wildman–Crippen MR) is 58.3 cm³/mol. The summed E-state index contributed by atoms with van der Waals surface area (Å²) in [6, 6.07) is -0.0278. The highest BCUT2D eigenvalue weighted by Crippen LogP contribution is 2.20. The highest BCUT2D eigenvalue weighted by atomic mass is 19.3. The first kappa shape index (κ1) is 12.8. The molecule has 1 aliphatic heterocycles. The molecule has 0 aromatic carbocycles. The molecule has 1 saturated heterocycles. The van der Waals surface area contributed by atoms with Crippen molar-refractivity contribution in [1.82, 2.24) is 9.80 Å². The fourth-order valence-corrected chi connectivity index (χ4v) is 2.18. The lowest BCUT2D eigenvalue weighted by molar-refractivity contribution is -0.0445. The van der Waals surface area contributed by atoms with E-state index in [0.717, 1.165) is 13.1 Å². The van der Waals surface area contributed by atoms with Crippen molar-refractivity contribution < 1.29 is 8.78 Å². The summed E-state index contributed by atoms with van der Waals surface area (Å²) in [5, 5.41) is 0. The second kappa shape index (κ2) is 5.21. The Morgan fingerprint density at radius 2 is 1.60 bits per heavy atom. The molecule has 1 atom stereocenters. The van der Waals surface area contributed by atoms with Crippen LogP contribution < -0.4 is 0 Å². The van der Waals surface area contributed by atoms with Crippen LogP contribution in [0.3, 0.4) is 0 Å². The van der Waals surface area contributed by atoms with Crippen molar-refractivity contribution in [2.24, 2.45) is 0 Å². The molecule has 0 aliphatic carbocycles. The van der Waals surface area contributed by atoms with Gasteiger partial charge in [0, 0.05) is 31.7 Å². The van der Waals surface area contributed by atoms with Gasteiger partial charge in [0.15, 0.2) is 0 Å². The van der Waals surface area contributed by atoms with Crippen LogP contribution in [0.1, 0.15) is 27.7 Å². The first-order chi connectivity index (χ1) is 6.93. The first-order valence-electron chi connectivity index (χ1n) is 5.71. The molecule has 1 heterocycles. The quantitative estimate of drug-likeness (QED) is 0.718. The Morgan fingerprint density at radius 3 is 2.00 bits per heavy atom. The van der Waals surface area contributed by atoms with Gasteiger partial charge in [-0.25, -0.2) is 8.78 Å². The lowest BCUT2D eigenvalue weighted by Gasteiger charge is -2.44. The normalized spacial score (nSPS) is 25.8. The van der Waals surface area contributed by atoms with Gasteiger partial charge in [0.05, 0.1) is 6.04 Å². The molecule has 15 heavy (non-hydrogen) atoms. The van der Waals surface area contributed by atoms with Gasteiger partial charge in [-0.3, -0.25) is 9.80 Å². The van der Waals surface area contributed by atoms with E-state index < -0.39 is 12.5 Å². The molecular weight excluding hydrogens is 198 g/mol. The van der Waals surface area contributed by atoms with Crippen LogP contribution in [0.25, 0.3) is 0 Å². The summed E-state index contributed by atoms with van der Waals surface area (Å²) < 4.78 is 25.8. The highest BCUT2D eigenvalue weighted by Gasteiger charge is 2.35. The predicted octanol–water partition coefficient (Wildman–Crippen LogP) is 2.05. The number of halogens is 2. The maximum absolute atomic E-state index is 12.9. The molecule has 1 rings (SSSR count). The highest BCUT2D eigenvalue weighted by molar-refractivity contribution is 4.86. The zero-order chi connectivity index (χ0) is 11.6. The number of piperazine rings is 1. The summed E-state index contributed by atoms with van der Waals surface area (Å²) in [6.45, 7) is 10.2. The summed E-state index contributed by atoms with van der Waals surface area (Å²) in [4.78, 5) is 4.05. The minimum absolute atomic E-state index is 0.207. The Morgan fingerprint density at radius 1 is 1.00 bits per heavy atom. The van der Waals surface area contributed by atoms with Gasteiger partial charge in [-0.2, -0.15) is 0 Å². The molecule has 0 radical (unpaired) electrons. The van der Waals surface area contributed by atoms with Crippen molar-refractivity contribution in [3.05, 3.63) is 0 Å². The Kier molecular flexibility index (Phi) is 4.46. The average molecular weight is 220 g/mol. The zero-order valence-electron chi connectivity index (χ0n) is 10.1. The molecule has 0 bridgehead atoms. The van der Waals surface area contributed by atoms with Crippen molar-refractivity contribution in [3.63, 3.8) is 0 Å². The third-order valence-electron chi connectivity index (χ3n) is 3.18. The van der Waals surface area contributed by atoms with Crippen LogP contribution in [0.15, 0.2) is 0 Å². The van der Waals surface area contributed by atoms with E-state index in [-0.39, 0.29) is 6.04 Å². The Hall–Kier alpha value is -0.220. The van der Waals surface area contributed by atoms with Crippen molar-refractivity contribution >= 4 is 0 Å². The van der Waals surface area contributed by atoms with Gasteiger partial charge in [0.2, 0.25) is 0 Å². The summed E-state index contributed by atoms with van der Waals surface area (Å²) >= 11 is 0. The van der Waals surface area contributed by atoms with Crippen molar-refractivity contribution in [2.45, 2.75) is 52.2 Å².